The first-order valence-corrected chi connectivity index (χ1v) is 5.55. The first-order valence-electron chi connectivity index (χ1n) is 5.55. The van der Waals surface area contributed by atoms with Crippen molar-refractivity contribution < 1.29 is 14.6 Å². The zero-order valence-electron chi connectivity index (χ0n) is 9.99. The summed E-state index contributed by atoms with van der Waals surface area (Å²) in [6.07, 6.45) is -0.550. The Bertz CT molecular complexity index is 379. The van der Waals surface area contributed by atoms with Crippen LogP contribution in [0.3, 0.4) is 0 Å². The van der Waals surface area contributed by atoms with Gasteiger partial charge in [0.05, 0.1) is 0 Å². The van der Waals surface area contributed by atoms with Crippen molar-refractivity contribution in [2.75, 3.05) is 13.2 Å². The molecule has 0 saturated heterocycles. The van der Waals surface area contributed by atoms with E-state index >= 15 is 0 Å². The molecule has 1 N–H and O–H groups in total. The SMILES string of the molecule is CC(C)(C)c1ccc2c(c1)OC[C@@H](O)CO2. The number of hydrogen-bond donors (Lipinski definition) is 1. The molecule has 0 aromatic heterocycles. The Morgan fingerprint density at radius 2 is 1.75 bits per heavy atom. The largest absolute Gasteiger partial charge is 0.487 e. The van der Waals surface area contributed by atoms with Gasteiger partial charge in [-0.25, -0.2) is 0 Å². The molecule has 1 heterocycles. The molecule has 0 spiro atoms. The van der Waals surface area contributed by atoms with Crippen molar-refractivity contribution in [3.8, 4) is 11.5 Å². The first-order chi connectivity index (χ1) is 7.47. The van der Waals surface area contributed by atoms with Crippen molar-refractivity contribution in [2.45, 2.75) is 32.3 Å². The van der Waals surface area contributed by atoms with Crippen molar-refractivity contribution in [3.05, 3.63) is 23.8 Å². The van der Waals surface area contributed by atoms with Crippen LogP contribution in [0.15, 0.2) is 18.2 Å². The van der Waals surface area contributed by atoms with Crippen LogP contribution < -0.4 is 9.47 Å². The third kappa shape index (κ3) is 2.30. The normalized spacial score (nSPS) is 20.4. The molecule has 3 nitrogen and oxygen atoms in total. The molecule has 0 aliphatic carbocycles. The first kappa shape index (κ1) is 11.3. The van der Waals surface area contributed by atoms with E-state index in [4.69, 9.17) is 9.47 Å². The Kier molecular flexibility index (Phi) is 2.80. The second-order valence-electron chi connectivity index (χ2n) is 5.19. The maximum absolute atomic E-state index is 9.44. The number of benzene rings is 1. The lowest BCUT2D eigenvalue weighted by molar-refractivity contribution is 0.0802. The third-order valence-electron chi connectivity index (χ3n) is 2.67. The molecule has 0 bridgehead atoms. The lowest BCUT2D eigenvalue weighted by Gasteiger charge is -2.20. The Morgan fingerprint density at radius 3 is 2.38 bits per heavy atom. The van der Waals surface area contributed by atoms with Crippen LogP contribution >= 0.6 is 0 Å². The van der Waals surface area contributed by atoms with E-state index in [1.807, 2.05) is 18.2 Å². The van der Waals surface area contributed by atoms with Crippen molar-refractivity contribution in [1.29, 1.82) is 0 Å². The van der Waals surface area contributed by atoms with Crippen molar-refractivity contribution in [2.24, 2.45) is 0 Å². The number of aliphatic hydroxyl groups is 1. The quantitative estimate of drug-likeness (QED) is 0.730. The highest BCUT2D eigenvalue weighted by Crippen LogP contribution is 2.34. The molecule has 0 fully saturated rings. The number of ether oxygens (including phenoxy) is 2. The molecule has 3 heteroatoms. The van der Waals surface area contributed by atoms with Crippen LogP contribution in [-0.2, 0) is 5.41 Å². The van der Waals surface area contributed by atoms with E-state index in [2.05, 4.69) is 20.8 Å². The van der Waals surface area contributed by atoms with Gasteiger partial charge in [-0.15, -0.1) is 0 Å². The van der Waals surface area contributed by atoms with Crippen LogP contribution in [-0.4, -0.2) is 24.4 Å². The minimum Gasteiger partial charge on any atom is -0.487 e. The second-order valence-corrected chi connectivity index (χ2v) is 5.19. The molecule has 1 atom stereocenters. The van der Waals surface area contributed by atoms with Crippen LogP contribution in [0, 0.1) is 0 Å². The summed E-state index contributed by atoms with van der Waals surface area (Å²) in [6.45, 7) is 7.05. The molecule has 1 aromatic carbocycles. The van der Waals surface area contributed by atoms with Gasteiger partial charge in [0.15, 0.2) is 11.5 Å². The van der Waals surface area contributed by atoms with Gasteiger partial charge in [-0.3, -0.25) is 0 Å². The Hall–Kier alpha value is -1.22. The highest BCUT2D eigenvalue weighted by Gasteiger charge is 2.20. The van der Waals surface area contributed by atoms with Gasteiger partial charge >= 0.3 is 0 Å². The third-order valence-corrected chi connectivity index (χ3v) is 2.67. The average Bonchev–Trinajstić information content (AvgIpc) is 2.39. The topological polar surface area (TPSA) is 38.7 Å². The summed E-state index contributed by atoms with van der Waals surface area (Å²) in [6, 6.07) is 5.95. The standard InChI is InChI=1S/C13H18O3/c1-13(2,3)9-4-5-11-12(6-9)16-8-10(14)7-15-11/h4-6,10,14H,7-8H2,1-3H3/t10-/m0/s1. The molecule has 1 aromatic rings. The maximum Gasteiger partial charge on any atom is 0.161 e. The van der Waals surface area contributed by atoms with Crippen LogP contribution in [0.2, 0.25) is 0 Å². The average molecular weight is 222 g/mol. The number of rotatable bonds is 0. The number of hydrogen-bond acceptors (Lipinski definition) is 3. The second kappa shape index (κ2) is 3.98. The van der Waals surface area contributed by atoms with E-state index in [1.54, 1.807) is 0 Å². The lowest BCUT2D eigenvalue weighted by Crippen LogP contribution is -2.21. The lowest BCUT2D eigenvalue weighted by atomic mass is 9.87. The highest BCUT2D eigenvalue weighted by atomic mass is 16.5. The van der Waals surface area contributed by atoms with Gasteiger partial charge in [-0.1, -0.05) is 26.8 Å². The predicted molar refractivity (Wildman–Crippen MR) is 62.1 cm³/mol. The molecule has 1 aliphatic heterocycles. The van der Waals surface area contributed by atoms with E-state index in [0.29, 0.717) is 19.0 Å². The van der Waals surface area contributed by atoms with Crippen molar-refractivity contribution in [3.63, 3.8) is 0 Å². The minimum atomic E-state index is -0.550. The smallest absolute Gasteiger partial charge is 0.161 e. The molecule has 0 unspecified atom stereocenters. The Balaban J connectivity index is 2.32. The molecule has 0 amide bonds. The minimum absolute atomic E-state index is 0.0866. The number of aliphatic hydroxyl groups excluding tert-OH is 1. The van der Waals surface area contributed by atoms with Gasteiger partial charge in [-0.05, 0) is 23.1 Å². The van der Waals surface area contributed by atoms with Crippen molar-refractivity contribution in [1.82, 2.24) is 0 Å². The molecular weight excluding hydrogens is 204 g/mol. The van der Waals surface area contributed by atoms with Crippen LogP contribution in [0.25, 0.3) is 0 Å². The van der Waals surface area contributed by atoms with Gasteiger partial charge in [0.2, 0.25) is 0 Å². The molecular formula is C13H18O3. The van der Waals surface area contributed by atoms with Gasteiger partial charge in [0.1, 0.15) is 19.3 Å². The van der Waals surface area contributed by atoms with E-state index in [1.165, 1.54) is 5.56 Å². The fourth-order valence-corrected chi connectivity index (χ4v) is 1.63. The molecule has 0 saturated carbocycles. The summed E-state index contributed by atoms with van der Waals surface area (Å²) in [4.78, 5) is 0. The van der Waals surface area contributed by atoms with E-state index in [0.717, 1.165) is 5.75 Å². The zero-order chi connectivity index (χ0) is 11.8. The van der Waals surface area contributed by atoms with Gasteiger partial charge in [0, 0.05) is 0 Å². The summed E-state index contributed by atoms with van der Waals surface area (Å²) in [5.74, 6) is 1.44. The fourth-order valence-electron chi connectivity index (χ4n) is 1.63. The Labute approximate surface area is 96.0 Å². The van der Waals surface area contributed by atoms with Crippen LogP contribution in [0.1, 0.15) is 26.3 Å². The summed E-state index contributed by atoms with van der Waals surface area (Å²) < 4.78 is 11.0. The molecule has 0 radical (unpaired) electrons. The summed E-state index contributed by atoms with van der Waals surface area (Å²) in [5.41, 5.74) is 1.29. The molecule has 16 heavy (non-hydrogen) atoms. The number of fused-ring (bicyclic) bond motifs is 1. The maximum atomic E-state index is 9.44. The van der Waals surface area contributed by atoms with Crippen LogP contribution in [0.4, 0.5) is 0 Å². The molecule has 88 valence electrons. The summed E-state index contributed by atoms with van der Waals surface area (Å²) in [7, 11) is 0. The molecule has 1 aliphatic rings. The Morgan fingerprint density at radius 1 is 1.12 bits per heavy atom. The molecule has 2 rings (SSSR count). The summed E-state index contributed by atoms with van der Waals surface area (Å²) >= 11 is 0. The summed E-state index contributed by atoms with van der Waals surface area (Å²) in [5, 5.41) is 9.44. The van der Waals surface area contributed by atoms with Crippen LogP contribution in [0.5, 0.6) is 11.5 Å². The van der Waals surface area contributed by atoms with Gasteiger partial charge in [0.25, 0.3) is 0 Å². The van der Waals surface area contributed by atoms with Crippen molar-refractivity contribution >= 4 is 0 Å². The van der Waals surface area contributed by atoms with E-state index in [-0.39, 0.29) is 5.41 Å². The van der Waals surface area contributed by atoms with E-state index in [9.17, 15) is 5.11 Å². The van der Waals surface area contributed by atoms with Gasteiger partial charge < -0.3 is 14.6 Å². The fraction of sp³-hybridized carbons (Fsp3) is 0.538. The monoisotopic (exact) mass is 222 g/mol. The van der Waals surface area contributed by atoms with E-state index < -0.39 is 6.10 Å². The zero-order valence-corrected chi connectivity index (χ0v) is 9.99. The highest BCUT2D eigenvalue weighted by molar-refractivity contribution is 5.45. The predicted octanol–water partition coefficient (Wildman–Crippen LogP) is 2.12. The van der Waals surface area contributed by atoms with Gasteiger partial charge in [-0.2, -0.15) is 0 Å².